The molecular formula is C22H28FN3. The molecule has 2 aliphatic rings. The van der Waals surface area contributed by atoms with Crippen molar-refractivity contribution in [2.24, 2.45) is 5.92 Å². The highest BCUT2D eigenvalue weighted by Crippen LogP contribution is 2.33. The number of hydrogen-bond donors (Lipinski definition) is 2. The van der Waals surface area contributed by atoms with Gasteiger partial charge in [-0.1, -0.05) is 36.4 Å². The van der Waals surface area contributed by atoms with Gasteiger partial charge >= 0.3 is 0 Å². The van der Waals surface area contributed by atoms with E-state index < -0.39 is 0 Å². The first-order valence-corrected chi connectivity index (χ1v) is 9.71. The van der Waals surface area contributed by atoms with E-state index in [0.717, 1.165) is 31.7 Å². The average molecular weight is 353 g/mol. The molecule has 2 aromatic rings. The second-order valence-corrected chi connectivity index (χ2v) is 7.75. The molecule has 2 fully saturated rings. The van der Waals surface area contributed by atoms with Crippen LogP contribution in [0.2, 0.25) is 0 Å². The zero-order valence-electron chi connectivity index (χ0n) is 15.4. The Bertz CT molecular complexity index is 740. The van der Waals surface area contributed by atoms with Crippen molar-refractivity contribution < 1.29 is 4.39 Å². The number of nitrogens with zero attached hydrogens (tertiary/aromatic N) is 1. The fourth-order valence-corrected chi connectivity index (χ4v) is 4.52. The summed E-state index contributed by atoms with van der Waals surface area (Å²) in [6.45, 7) is 6.38. The van der Waals surface area contributed by atoms with Gasteiger partial charge in [-0.05, 0) is 67.6 Å². The molecule has 2 saturated heterocycles. The third-order valence-electron chi connectivity index (χ3n) is 6.10. The molecule has 0 bridgehead atoms. The SMILES string of the molecule is Cc1ccccc1CN1CCC(C2NNCC2c2cccc(F)c2)CC1. The lowest BCUT2D eigenvalue weighted by Gasteiger charge is -2.36. The van der Waals surface area contributed by atoms with Crippen LogP contribution in [0.4, 0.5) is 4.39 Å². The Morgan fingerprint density at radius 2 is 1.88 bits per heavy atom. The van der Waals surface area contributed by atoms with Gasteiger partial charge in [-0.15, -0.1) is 0 Å². The van der Waals surface area contributed by atoms with Crippen LogP contribution in [-0.4, -0.2) is 30.6 Å². The van der Waals surface area contributed by atoms with Crippen molar-refractivity contribution in [3.63, 3.8) is 0 Å². The average Bonchev–Trinajstić information content (AvgIpc) is 3.14. The molecule has 2 heterocycles. The van der Waals surface area contributed by atoms with E-state index in [1.807, 2.05) is 6.07 Å². The zero-order chi connectivity index (χ0) is 17.9. The number of halogens is 1. The molecule has 4 rings (SSSR count). The Morgan fingerprint density at radius 3 is 2.65 bits per heavy atom. The summed E-state index contributed by atoms with van der Waals surface area (Å²) in [6.07, 6.45) is 2.38. The van der Waals surface area contributed by atoms with Crippen LogP contribution in [0.5, 0.6) is 0 Å². The van der Waals surface area contributed by atoms with Gasteiger partial charge in [-0.2, -0.15) is 0 Å². The lowest BCUT2D eigenvalue weighted by atomic mass is 9.80. The number of nitrogens with one attached hydrogen (secondary N) is 2. The summed E-state index contributed by atoms with van der Waals surface area (Å²) in [5.74, 6) is 0.839. The van der Waals surface area contributed by atoms with Crippen LogP contribution in [0.3, 0.4) is 0 Å². The molecule has 2 aromatic carbocycles. The van der Waals surface area contributed by atoms with Crippen molar-refractivity contribution in [3.05, 3.63) is 71.0 Å². The standard InChI is InChI=1S/C22H28FN3/c1-16-5-2-3-6-19(16)15-26-11-9-17(10-12-26)22-21(14-24-25-22)18-7-4-8-20(23)13-18/h2-8,13,17,21-22,24-25H,9-12,14-15H2,1H3. The molecule has 2 aliphatic heterocycles. The van der Waals surface area contributed by atoms with Crippen molar-refractivity contribution in [2.75, 3.05) is 19.6 Å². The summed E-state index contributed by atoms with van der Waals surface area (Å²) >= 11 is 0. The summed E-state index contributed by atoms with van der Waals surface area (Å²) in [6, 6.07) is 16.2. The van der Waals surface area contributed by atoms with Gasteiger partial charge < -0.3 is 0 Å². The molecule has 0 aromatic heterocycles. The number of benzene rings is 2. The van der Waals surface area contributed by atoms with Gasteiger partial charge in [0, 0.05) is 25.0 Å². The predicted octanol–water partition coefficient (Wildman–Crippen LogP) is 3.61. The van der Waals surface area contributed by atoms with E-state index >= 15 is 0 Å². The predicted molar refractivity (Wildman–Crippen MR) is 103 cm³/mol. The topological polar surface area (TPSA) is 27.3 Å². The quantitative estimate of drug-likeness (QED) is 0.879. The number of piperidine rings is 1. The number of likely N-dealkylation sites (tertiary alicyclic amines) is 1. The highest BCUT2D eigenvalue weighted by atomic mass is 19.1. The molecule has 0 radical (unpaired) electrons. The van der Waals surface area contributed by atoms with E-state index in [4.69, 9.17) is 0 Å². The van der Waals surface area contributed by atoms with Crippen molar-refractivity contribution in [1.29, 1.82) is 0 Å². The first kappa shape index (κ1) is 17.7. The molecule has 4 heteroatoms. The molecule has 2 N–H and O–H groups in total. The molecule has 0 spiro atoms. The molecule has 2 atom stereocenters. The fourth-order valence-electron chi connectivity index (χ4n) is 4.52. The minimum atomic E-state index is -0.138. The van der Waals surface area contributed by atoms with Crippen LogP contribution in [-0.2, 0) is 6.54 Å². The molecule has 0 aliphatic carbocycles. The normalized spacial score (nSPS) is 24.8. The van der Waals surface area contributed by atoms with Crippen LogP contribution in [0.15, 0.2) is 48.5 Å². The summed E-state index contributed by atoms with van der Waals surface area (Å²) in [4.78, 5) is 2.57. The van der Waals surface area contributed by atoms with E-state index in [1.54, 1.807) is 6.07 Å². The fraction of sp³-hybridized carbons (Fsp3) is 0.455. The van der Waals surface area contributed by atoms with Crippen molar-refractivity contribution in [1.82, 2.24) is 15.8 Å². The van der Waals surface area contributed by atoms with Crippen LogP contribution < -0.4 is 10.9 Å². The summed E-state index contributed by atoms with van der Waals surface area (Å²) < 4.78 is 13.6. The summed E-state index contributed by atoms with van der Waals surface area (Å²) in [7, 11) is 0. The zero-order valence-corrected chi connectivity index (χ0v) is 15.4. The molecule has 0 saturated carbocycles. The van der Waals surface area contributed by atoms with Crippen molar-refractivity contribution in [3.8, 4) is 0 Å². The van der Waals surface area contributed by atoms with Crippen LogP contribution in [0.1, 0.15) is 35.4 Å². The van der Waals surface area contributed by atoms with Gasteiger partial charge in [0.1, 0.15) is 5.82 Å². The Labute approximate surface area is 155 Å². The van der Waals surface area contributed by atoms with E-state index in [1.165, 1.54) is 30.0 Å². The molecule has 138 valence electrons. The van der Waals surface area contributed by atoms with Crippen molar-refractivity contribution in [2.45, 2.75) is 38.3 Å². The maximum absolute atomic E-state index is 13.6. The Hall–Kier alpha value is -1.75. The highest BCUT2D eigenvalue weighted by Gasteiger charge is 2.36. The number of hydrogen-bond acceptors (Lipinski definition) is 3. The second-order valence-electron chi connectivity index (χ2n) is 7.75. The maximum Gasteiger partial charge on any atom is 0.123 e. The second kappa shape index (κ2) is 7.87. The Kier molecular flexibility index (Phi) is 5.34. The van der Waals surface area contributed by atoms with Gasteiger partial charge in [0.2, 0.25) is 0 Å². The molecule has 2 unspecified atom stereocenters. The van der Waals surface area contributed by atoms with Crippen molar-refractivity contribution >= 4 is 0 Å². The monoisotopic (exact) mass is 353 g/mol. The van der Waals surface area contributed by atoms with E-state index in [2.05, 4.69) is 53.0 Å². The molecule has 0 amide bonds. The largest absolute Gasteiger partial charge is 0.299 e. The highest BCUT2D eigenvalue weighted by molar-refractivity contribution is 5.26. The van der Waals surface area contributed by atoms with Gasteiger partial charge in [0.25, 0.3) is 0 Å². The van der Waals surface area contributed by atoms with Crippen LogP contribution in [0, 0.1) is 18.7 Å². The first-order chi connectivity index (χ1) is 12.7. The smallest absolute Gasteiger partial charge is 0.123 e. The van der Waals surface area contributed by atoms with Crippen LogP contribution in [0.25, 0.3) is 0 Å². The van der Waals surface area contributed by atoms with E-state index in [0.29, 0.717) is 17.9 Å². The van der Waals surface area contributed by atoms with Gasteiger partial charge in [0.05, 0.1) is 0 Å². The molecule has 26 heavy (non-hydrogen) atoms. The van der Waals surface area contributed by atoms with Crippen LogP contribution >= 0.6 is 0 Å². The third kappa shape index (κ3) is 3.83. The maximum atomic E-state index is 13.6. The van der Waals surface area contributed by atoms with Gasteiger partial charge in [-0.3, -0.25) is 15.8 Å². The third-order valence-corrected chi connectivity index (χ3v) is 6.10. The minimum absolute atomic E-state index is 0.138. The lowest BCUT2D eigenvalue weighted by Crippen LogP contribution is -2.44. The molecular weight excluding hydrogens is 325 g/mol. The van der Waals surface area contributed by atoms with Gasteiger partial charge in [-0.25, -0.2) is 4.39 Å². The lowest BCUT2D eigenvalue weighted by molar-refractivity contribution is 0.151. The Balaban J connectivity index is 1.37. The number of hydrazine groups is 1. The van der Waals surface area contributed by atoms with E-state index in [-0.39, 0.29) is 5.82 Å². The first-order valence-electron chi connectivity index (χ1n) is 9.71. The minimum Gasteiger partial charge on any atom is -0.299 e. The van der Waals surface area contributed by atoms with E-state index in [9.17, 15) is 4.39 Å². The summed E-state index contributed by atoms with van der Waals surface area (Å²) in [5, 5.41) is 0. The molecule has 3 nitrogen and oxygen atoms in total. The summed E-state index contributed by atoms with van der Waals surface area (Å²) in [5.41, 5.74) is 10.7. The number of rotatable bonds is 4. The Morgan fingerprint density at radius 1 is 1.08 bits per heavy atom. The number of aryl methyl sites for hydroxylation is 1. The van der Waals surface area contributed by atoms with Gasteiger partial charge in [0.15, 0.2) is 0 Å².